The van der Waals surface area contributed by atoms with Crippen LogP contribution in [0.15, 0.2) is 0 Å². The first-order valence-corrected chi connectivity index (χ1v) is 2.37. The Morgan fingerprint density at radius 2 is 2.50 bits per heavy atom. The highest BCUT2D eigenvalue weighted by Gasteiger charge is 1.80. The molecule has 0 radical (unpaired) electrons. The molecular weight excluding hydrogens is 116 g/mol. The van der Waals surface area contributed by atoms with Gasteiger partial charge in [-0.1, -0.05) is 0 Å². The molecule has 0 aliphatic heterocycles. The van der Waals surface area contributed by atoms with E-state index in [0.717, 1.165) is 11.8 Å². The maximum atomic E-state index is 7.76. The molecule has 0 saturated heterocycles. The van der Waals surface area contributed by atoms with Gasteiger partial charge in [0.15, 0.2) is 0 Å². The average Bonchev–Trinajstić information content (AvgIpc) is 1.35. The quantitative estimate of drug-likeness (QED) is 0.216. The van der Waals surface area contributed by atoms with Crippen molar-refractivity contribution in [1.29, 1.82) is 10.7 Å². The lowest BCUT2D eigenvalue weighted by atomic mass is 11.7. The zero-order valence-electron chi connectivity index (χ0n) is 2.80. The van der Waals surface area contributed by atoms with E-state index < -0.39 is 0 Å². The van der Waals surface area contributed by atoms with Gasteiger partial charge in [-0.3, -0.25) is 5.41 Å². The summed E-state index contributed by atoms with van der Waals surface area (Å²) in [6, 6.07) is 0. The van der Waals surface area contributed by atoms with Gasteiger partial charge in [0.05, 0.1) is 0 Å². The average molecular weight is 118 g/mol. The Morgan fingerprint density at radius 3 is 2.50 bits per heavy atom. The molecule has 0 rings (SSSR count). The maximum absolute atomic E-state index is 7.76. The van der Waals surface area contributed by atoms with Crippen LogP contribution < -0.4 is 0 Å². The van der Waals surface area contributed by atoms with Gasteiger partial charge >= 0.3 is 0 Å². The van der Waals surface area contributed by atoms with Crippen molar-refractivity contribution in [2.45, 2.75) is 0 Å². The largest absolute Gasteiger partial charge is 0.287 e. The van der Waals surface area contributed by atoms with E-state index in [1.807, 2.05) is 0 Å². The van der Waals surface area contributed by atoms with Crippen LogP contribution in [0.5, 0.6) is 0 Å². The molecule has 0 unspecified atom stereocenters. The number of thioether (sulfide) groups is 1. The molecule has 4 heteroatoms. The van der Waals surface area contributed by atoms with Gasteiger partial charge in [0.2, 0.25) is 0 Å². The van der Waals surface area contributed by atoms with Gasteiger partial charge in [-0.25, -0.2) is 0 Å². The van der Waals surface area contributed by atoms with Gasteiger partial charge in [-0.2, -0.15) is 5.26 Å². The molecule has 0 atom stereocenters. The van der Waals surface area contributed by atoms with Crippen LogP contribution in [0.1, 0.15) is 0 Å². The van der Waals surface area contributed by atoms with E-state index in [1.54, 1.807) is 5.40 Å². The molecule has 1 N–H and O–H groups in total. The summed E-state index contributed by atoms with van der Waals surface area (Å²) in [5.41, 5.74) is 0. The first-order chi connectivity index (χ1) is 2.77. The third kappa shape index (κ3) is 3.86. The second kappa shape index (κ2) is 3.07. The number of hydrogen-bond donors (Lipinski definition) is 2. The number of rotatable bonds is 0. The second-order valence-corrected chi connectivity index (χ2v) is 2.04. The van der Waals surface area contributed by atoms with Crippen molar-refractivity contribution < 1.29 is 0 Å². The number of thiol groups is 1. The van der Waals surface area contributed by atoms with Crippen LogP contribution in [0.3, 0.4) is 0 Å². The highest BCUT2D eigenvalue weighted by Crippen LogP contribution is 1.99. The second-order valence-electron chi connectivity index (χ2n) is 0.499. The first-order valence-electron chi connectivity index (χ1n) is 1.11. The predicted octanol–water partition coefficient (Wildman–Crippen LogP) is 1.07. The maximum Gasteiger partial charge on any atom is 0.140 e. The van der Waals surface area contributed by atoms with Gasteiger partial charge in [-0.15, -0.1) is 12.6 Å². The molecule has 0 aliphatic carbocycles. The number of nitrogens with one attached hydrogen (secondary N) is 1. The third-order valence-corrected chi connectivity index (χ3v) is 0.701. The van der Waals surface area contributed by atoms with Gasteiger partial charge in [0, 0.05) is 11.8 Å². The Labute approximate surface area is 45.5 Å². The van der Waals surface area contributed by atoms with Crippen molar-refractivity contribution in [2.75, 3.05) is 0 Å². The summed E-state index contributed by atoms with van der Waals surface area (Å²) < 4.78 is 0.0394. The van der Waals surface area contributed by atoms with Crippen LogP contribution in [0.4, 0.5) is 0 Å². The minimum atomic E-state index is 0.0394. The fraction of sp³-hybridized carbons (Fsp3) is 0. The first kappa shape index (κ1) is 5.86. The Bertz CT molecular complexity index is 92.2. The van der Waals surface area contributed by atoms with E-state index in [-0.39, 0.29) is 4.38 Å². The van der Waals surface area contributed by atoms with Crippen molar-refractivity contribution in [2.24, 2.45) is 0 Å². The van der Waals surface area contributed by atoms with E-state index in [9.17, 15) is 0 Å². The zero-order chi connectivity index (χ0) is 4.99. The summed E-state index contributed by atoms with van der Waals surface area (Å²) in [4.78, 5) is 0. The van der Waals surface area contributed by atoms with Crippen LogP contribution in [-0.4, -0.2) is 4.38 Å². The van der Waals surface area contributed by atoms with Crippen molar-refractivity contribution >= 4 is 28.8 Å². The summed E-state index contributed by atoms with van der Waals surface area (Å²) >= 11 is 4.24. The summed E-state index contributed by atoms with van der Waals surface area (Å²) in [6.07, 6.45) is 0. The number of nitrogens with zero attached hydrogens (tertiary/aromatic N) is 1. The summed E-state index contributed by atoms with van der Waals surface area (Å²) in [5.74, 6) is 0. The molecule has 0 aromatic rings. The van der Waals surface area contributed by atoms with Crippen molar-refractivity contribution in [1.82, 2.24) is 0 Å². The Kier molecular flexibility index (Phi) is 2.99. The molecule has 0 amide bonds. The molecular formula is C2H2N2S2. The zero-order valence-corrected chi connectivity index (χ0v) is 4.51. The Hall–Kier alpha value is -0.140. The highest BCUT2D eigenvalue weighted by atomic mass is 32.2. The van der Waals surface area contributed by atoms with Crippen LogP contribution in [0.2, 0.25) is 0 Å². The van der Waals surface area contributed by atoms with Gasteiger partial charge in [-0.05, 0) is 0 Å². The molecule has 0 aromatic heterocycles. The fourth-order valence-electron chi connectivity index (χ4n) is 0.0432. The molecule has 0 aromatic carbocycles. The molecule has 0 saturated carbocycles. The summed E-state index contributed by atoms with van der Waals surface area (Å²) in [7, 11) is 0. The van der Waals surface area contributed by atoms with E-state index in [0.29, 0.717) is 0 Å². The van der Waals surface area contributed by atoms with Crippen LogP contribution in [0.25, 0.3) is 0 Å². The van der Waals surface area contributed by atoms with Crippen molar-refractivity contribution in [3.8, 4) is 5.40 Å². The van der Waals surface area contributed by atoms with Gasteiger partial charge in [0.1, 0.15) is 9.78 Å². The Balaban J connectivity index is 3.13. The molecule has 0 spiro atoms. The van der Waals surface area contributed by atoms with Crippen LogP contribution in [0, 0.1) is 16.1 Å². The van der Waals surface area contributed by atoms with Gasteiger partial charge in [0.25, 0.3) is 0 Å². The molecule has 0 heterocycles. The Morgan fingerprint density at radius 1 is 2.00 bits per heavy atom. The summed E-state index contributed by atoms with van der Waals surface area (Å²) in [6.45, 7) is 0. The van der Waals surface area contributed by atoms with E-state index in [1.165, 1.54) is 0 Å². The lowest BCUT2D eigenvalue weighted by molar-refractivity contribution is 1.57. The topological polar surface area (TPSA) is 47.6 Å². The minimum absolute atomic E-state index is 0.0394. The molecule has 32 valence electrons. The summed E-state index contributed by atoms with van der Waals surface area (Å²) in [5, 5.41) is 15.9. The number of hydrogen-bond acceptors (Lipinski definition) is 3. The number of nitriles is 1. The number of thiocyanates is 1. The standard InChI is InChI=1S/C2H2N2S2/c3-1-6-2(4)5/h(H2,4,5). The molecule has 0 fully saturated rings. The lowest BCUT2D eigenvalue weighted by Gasteiger charge is -1.72. The predicted molar refractivity (Wildman–Crippen MR) is 29.9 cm³/mol. The highest BCUT2D eigenvalue weighted by molar-refractivity contribution is 8.34. The molecule has 2 nitrogen and oxygen atoms in total. The minimum Gasteiger partial charge on any atom is -0.287 e. The van der Waals surface area contributed by atoms with Gasteiger partial charge < -0.3 is 0 Å². The SMILES string of the molecule is N#CSC(=N)S. The monoisotopic (exact) mass is 118 g/mol. The normalized spacial score (nSPS) is 6.67. The molecule has 6 heavy (non-hydrogen) atoms. The fourth-order valence-corrected chi connectivity index (χ4v) is 0.252. The van der Waals surface area contributed by atoms with Crippen LogP contribution >= 0.6 is 24.4 Å². The lowest BCUT2D eigenvalue weighted by Crippen LogP contribution is -1.64. The van der Waals surface area contributed by atoms with E-state index in [2.05, 4.69) is 12.6 Å². The van der Waals surface area contributed by atoms with E-state index >= 15 is 0 Å². The third-order valence-electron chi connectivity index (χ3n) is 0.142. The smallest absolute Gasteiger partial charge is 0.140 e. The molecule has 0 bridgehead atoms. The van der Waals surface area contributed by atoms with Crippen LogP contribution in [-0.2, 0) is 0 Å². The van der Waals surface area contributed by atoms with Crippen molar-refractivity contribution in [3.63, 3.8) is 0 Å². The van der Waals surface area contributed by atoms with Crippen molar-refractivity contribution in [3.05, 3.63) is 0 Å². The molecule has 0 aliphatic rings. The van der Waals surface area contributed by atoms with E-state index in [4.69, 9.17) is 10.7 Å².